The Balaban J connectivity index is 1.83. The van der Waals surface area contributed by atoms with Crippen LogP contribution in [-0.4, -0.2) is 44.0 Å². The predicted octanol–water partition coefficient (Wildman–Crippen LogP) is -0.318. The van der Waals surface area contributed by atoms with Crippen LogP contribution in [0.4, 0.5) is 0 Å². The van der Waals surface area contributed by atoms with Crippen LogP contribution < -0.4 is 11.3 Å². The molecule has 7 heteroatoms. The lowest BCUT2D eigenvalue weighted by atomic mass is 10.0. The van der Waals surface area contributed by atoms with Crippen molar-refractivity contribution < 1.29 is 9.90 Å². The van der Waals surface area contributed by atoms with Gasteiger partial charge in [0.2, 0.25) is 0 Å². The number of nitrogens with zero attached hydrogens (tertiary/aromatic N) is 3. The molecule has 2 aromatic rings. The SMILES string of the molecule is NC1(C(=O)O)CCN(Cc2cc(=O)n3ccccc3n2)C1. The minimum Gasteiger partial charge on any atom is -0.480 e. The lowest BCUT2D eigenvalue weighted by Gasteiger charge is -2.19. The largest absolute Gasteiger partial charge is 0.480 e. The molecule has 0 aliphatic carbocycles. The summed E-state index contributed by atoms with van der Waals surface area (Å²) in [7, 11) is 0. The van der Waals surface area contributed by atoms with Gasteiger partial charge in [0.15, 0.2) is 0 Å². The number of carboxylic acids is 1. The molecule has 21 heavy (non-hydrogen) atoms. The second-order valence-electron chi connectivity index (χ2n) is 5.44. The van der Waals surface area contributed by atoms with Gasteiger partial charge in [-0.15, -0.1) is 0 Å². The number of carboxylic acid groups (broad SMARTS) is 1. The van der Waals surface area contributed by atoms with Gasteiger partial charge in [-0.3, -0.25) is 18.9 Å². The van der Waals surface area contributed by atoms with Crippen LogP contribution in [-0.2, 0) is 11.3 Å². The van der Waals surface area contributed by atoms with Crippen molar-refractivity contribution in [3.8, 4) is 0 Å². The number of likely N-dealkylation sites (tertiary alicyclic amines) is 1. The highest BCUT2D eigenvalue weighted by atomic mass is 16.4. The molecule has 3 heterocycles. The first-order chi connectivity index (χ1) is 9.98. The van der Waals surface area contributed by atoms with Crippen LogP contribution in [0.3, 0.4) is 0 Å². The van der Waals surface area contributed by atoms with E-state index in [4.69, 9.17) is 10.8 Å². The molecule has 3 rings (SSSR count). The molecular weight excluding hydrogens is 272 g/mol. The highest BCUT2D eigenvalue weighted by Crippen LogP contribution is 2.20. The van der Waals surface area contributed by atoms with E-state index in [0.717, 1.165) is 0 Å². The van der Waals surface area contributed by atoms with Gasteiger partial charge in [-0.05, 0) is 18.6 Å². The van der Waals surface area contributed by atoms with Crippen LogP contribution in [0.1, 0.15) is 12.1 Å². The van der Waals surface area contributed by atoms with Crippen molar-refractivity contribution in [2.24, 2.45) is 5.73 Å². The number of rotatable bonds is 3. The maximum atomic E-state index is 12.0. The third-order valence-electron chi connectivity index (χ3n) is 3.82. The first kappa shape index (κ1) is 13.7. The van der Waals surface area contributed by atoms with Crippen molar-refractivity contribution in [1.82, 2.24) is 14.3 Å². The average Bonchev–Trinajstić information content (AvgIpc) is 2.82. The number of aromatic nitrogens is 2. The van der Waals surface area contributed by atoms with Crippen molar-refractivity contribution in [3.05, 3.63) is 46.5 Å². The lowest BCUT2D eigenvalue weighted by Crippen LogP contribution is -2.50. The van der Waals surface area contributed by atoms with Crippen molar-refractivity contribution in [2.45, 2.75) is 18.5 Å². The van der Waals surface area contributed by atoms with Crippen molar-refractivity contribution in [3.63, 3.8) is 0 Å². The van der Waals surface area contributed by atoms with E-state index in [9.17, 15) is 9.59 Å². The molecule has 0 spiro atoms. The first-order valence-electron chi connectivity index (χ1n) is 6.70. The third kappa shape index (κ3) is 2.53. The molecule has 0 aromatic carbocycles. The van der Waals surface area contributed by atoms with Crippen molar-refractivity contribution in [1.29, 1.82) is 0 Å². The van der Waals surface area contributed by atoms with Gasteiger partial charge < -0.3 is 10.8 Å². The van der Waals surface area contributed by atoms with Gasteiger partial charge in [0.05, 0.1) is 5.69 Å². The zero-order chi connectivity index (χ0) is 15.0. The van der Waals surface area contributed by atoms with E-state index in [-0.39, 0.29) is 12.1 Å². The number of pyridine rings is 1. The van der Waals surface area contributed by atoms with Crippen LogP contribution in [0.25, 0.3) is 5.65 Å². The third-order valence-corrected chi connectivity index (χ3v) is 3.82. The van der Waals surface area contributed by atoms with Gasteiger partial charge in [0, 0.05) is 31.9 Å². The summed E-state index contributed by atoms with van der Waals surface area (Å²) in [6.07, 6.45) is 2.06. The van der Waals surface area contributed by atoms with Gasteiger partial charge in [-0.2, -0.15) is 0 Å². The fourth-order valence-electron chi connectivity index (χ4n) is 2.64. The average molecular weight is 288 g/mol. The van der Waals surface area contributed by atoms with Gasteiger partial charge in [0.25, 0.3) is 5.56 Å². The molecule has 1 unspecified atom stereocenters. The monoisotopic (exact) mass is 288 g/mol. The molecule has 3 N–H and O–H groups in total. The highest BCUT2D eigenvalue weighted by Gasteiger charge is 2.41. The fourth-order valence-corrected chi connectivity index (χ4v) is 2.64. The Hall–Kier alpha value is -2.25. The molecular formula is C14H16N4O3. The maximum absolute atomic E-state index is 12.0. The summed E-state index contributed by atoms with van der Waals surface area (Å²) in [6.45, 7) is 1.27. The minimum atomic E-state index is -1.20. The van der Waals surface area contributed by atoms with Crippen LogP contribution >= 0.6 is 0 Å². The topological polar surface area (TPSA) is 101 Å². The summed E-state index contributed by atoms with van der Waals surface area (Å²) in [5.74, 6) is -0.989. The molecule has 7 nitrogen and oxygen atoms in total. The fraction of sp³-hybridized carbons (Fsp3) is 0.357. The van der Waals surface area contributed by atoms with E-state index in [0.29, 0.717) is 30.9 Å². The molecule has 2 aromatic heterocycles. The molecule has 0 bridgehead atoms. The number of hydrogen-bond acceptors (Lipinski definition) is 5. The quantitative estimate of drug-likeness (QED) is 0.803. The summed E-state index contributed by atoms with van der Waals surface area (Å²) in [5, 5.41) is 9.12. The highest BCUT2D eigenvalue weighted by molar-refractivity contribution is 5.79. The lowest BCUT2D eigenvalue weighted by molar-refractivity contribution is -0.142. The van der Waals surface area contributed by atoms with Crippen molar-refractivity contribution in [2.75, 3.05) is 13.1 Å². The van der Waals surface area contributed by atoms with E-state index < -0.39 is 11.5 Å². The maximum Gasteiger partial charge on any atom is 0.325 e. The number of aliphatic carboxylic acids is 1. The normalized spacial score (nSPS) is 22.7. The summed E-state index contributed by atoms with van der Waals surface area (Å²) in [6, 6.07) is 6.83. The van der Waals surface area contributed by atoms with Crippen LogP contribution in [0, 0.1) is 0 Å². The zero-order valence-corrected chi connectivity index (χ0v) is 11.4. The van der Waals surface area contributed by atoms with Crippen LogP contribution in [0.15, 0.2) is 35.3 Å². The van der Waals surface area contributed by atoms with Crippen LogP contribution in [0.2, 0.25) is 0 Å². The van der Waals surface area contributed by atoms with E-state index in [1.165, 1.54) is 10.5 Å². The van der Waals surface area contributed by atoms with E-state index in [1.807, 2.05) is 11.0 Å². The molecule has 0 radical (unpaired) electrons. The summed E-state index contributed by atoms with van der Waals surface area (Å²) >= 11 is 0. The van der Waals surface area contributed by atoms with Gasteiger partial charge in [0.1, 0.15) is 11.2 Å². The number of nitrogens with two attached hydrogens (primary N) is 1. The second-order valence-corrected chi connectivity index (χ2v) is 5.44. The zero-order valence-electron chi connectivity index (χ0n) is 11.4. The second kappa shape index (κ2) is 4.94. The molecule has 110 valence electrons. The number of carbonyl (C=O) groups is 1. The van der Waals surface area contributed by atoms with E-state index in [1.54, 1.807) is 18.3 Å². The van der Waals surface area contributed by atoms with Gasteiger partial charge in [-0.1, -0.05) is 6.07 Å². The van der Waals surface area contributed by atoms with Gasteiger partial charge in [-0.25, -0.2) is 4.98 Å². The molecule has 1 aliphatic rings. The molecule has 1 aliphatic heterocycles. The Morgan fingerprint density at radius 1 is 1.48 bits per heavy atom. The molecule has 0 saturated carbocycles. The Morgan fingerprint density at radius 3 is 3.00 bits per heavy atom. The molecule has 0 amide bonds. The standard InChI is InChI=1S/C14H16N4O3/c15-14(13(20)21)4-6-17(9-14)8-10-7-12(19)18-5-2-1-3-11(18)16-10/h1-3,5,7H,4,6,8-9,15H2,(H,20,21). The van der Waals surface area contributed by atoms with E-state index >= 15 is 0 Å². The van der Waals surface area contributed by atoms with Gasteiger partial charge >= 0.3 is 5.97 Å². The molecule has 1 saturated heterocycles. The Labute approximate surface area is 120 Å². The number of fused-ring (bicyclic) bond motifs is 1. The Bertz CT molecular complexity index is 757. The smallest absolute Gasteiger partial charge is 0.325 e. The molecule has 1 atom stereocenters. The summed E-state index contributed by atoms with van der Waals surface area (Å²) in [4.78, 5) is 29.5. The Kier molecular flexibility index (Phi) is 3.23. The minimum absolute atomic E-state index is 0.146. The van der Waals surface area contributed by atoms with Crippen LogP contribution in [0.5, 0.6) is 0 Å². The summed E-state index contributed by atoms with van der Waals surface area (Å²) < 4.78 is 1.47. The predicted molar refractivity (Wildman–Crippen MR) is 75.9 cm³/mol. The number of hydrogen-bond donors (Lipinski definition) is 2. The Morgan fingerprint density at radius 2 is 2.29 bits per heavy atom. The van der Waals surface area contributed by atoms with E-state index in [2.05, 4.69) is 4.98 Å². The first-order valence-corrected chi connectivity index (χ1v) is 6.70. The molecule has 1 fully saturated rings. The summed E-state index contributed by atoms with van der Waals surface area (Å²) in [5.41, 5.74) is 5.70. The van der Waals surface area contributed by atoms with Crippen molar-refractivity contribution >= 4 is 11.6 Å².